The van der Waals surface area contributed by atoms with Crippen LogP contribution < -0.4 is 5.32 Å². The third kappa shape index (κ3) is 2.56. The number of carbonyl (C=O) groups is 2. The highest BCUT2D eigenvalue weighted by atomic mass is 16.2. The molecule has 3 amide bonds. The summed E-state index contributed by atoms with van der Waals surface area (Å²) in [7, 11) is 0. The minimum atomic E-state index is -0.613. The van der Waals surface area contributed by atoms with Gasteiger partial charge in [0.25, 0.3) is 5.91 Å². The van der Waals surface area contributed by atoms with Crippen molar-refractivity contribution in [1.29, 1.82) is 0 Å². The Morgan fingerprint density at radius 3 is 2.52 bits per heavy atom. The predicted molar refractivity (Wildman–Crippen MR) is 80.6 cm³/mol. The van der Waals surface area contributed by atoms with E-state index in [4.69, 9.17) is 0 Å². The number of amides is 3. The van der Waals surface area contributed by atoms with Gasteiger partial charge in [0.2, 0.25) is 0 Å². The first-order valence-corrected chi connectivity index (χ1v) is 8.39. The summed E-state index contributed by atoms with van der Waals surface area (Å²) in [5.74, 6) is 1.02. The van der Waals surface area contributed by atoms with Gasteiger partial charge in [0.15, 0.2) is 0 Å². The van der Waals surface area contributed by atoms with Crippen molar-refractivity contribution in [1.82, 2.24) is 15.1 Å². The van der Waals surface area contributed by atoms with E-state index in [-0.39, 0.29) is 17.9 Å². The van der Waals surface area contributed by atoms with Gasteiger partial charge in [-0.15, -0.1) is 0 Å². The van der Waals surface area contributed by atoms with Crippen molar-refractivity contribution >= 4 is 11.9 Å². The molecule has 2 unspecified atom stereocenters. The molecule has 2 aliphatic heterocycles. The molecule has 1 aliphatic carbocycles. The largest absolute Gasteiger partial charge is 0.326 e. The van der Waals surface area contributed by atoms with Crippen LogP contribution in [0.4, 0.5) is 4.79 Å². The predicted octanol–water partition coefficient (Wildman–Crippen LogP) is 2.18. The average Bonchev–Trinajstić information content (AvgIpc) is 2.70. The summed E-state index contributed by atoms with van der Waals surface area (Å²) in [6, 6.07) is -0.188. The van der Waals surface area contributed by atoms with Gasteiger partial charge in [-0.05, 0) is 37.5 Å². The number of carbonyl (C=O) groups excluding carboxylic acids is 2. The molecule has 3 rings (SSSR count). The first-order chi connectivity index (χ1) is 10.0. The normalized spacial score (nSPS) is 35.5. The Balaban J connectivity index is 1.69. The Labute approximate surface area is 127 Å². The number of hydrogen-bond donors (Lipinski definition) is 1. The van der Waals surface area contributed by atoms with Gasteiger partial charge in [0.1, 0.15) is 5.54 Å². The number of likely N-dealkylation sites (tertiary alicyclic amines) is 1. The van der Waals surface area contributed by atoms with E-state index in [1.165, 1.54) is 4.90 Å². The van der Waals surface area contributed by atoms with E-state index >= 15 is 0 Å². The molecular weight excluding hydrogens is 266 g/mol. The van der Waals surface area contributed by atoms with Crippen LogP contribution >= 0.6 is 0 Å². The molecule has 0 bridgehead atoms. The molecule has 0 aromatic carbocycles. The summed E-state index contributed by atoms with van der Waals surface area (Å²) in [4.78, 5) is 28.9. The lowest BCUT2D eigenvalue weighted by Gasteiger charge is -2.37. The van der Waals surface area contributed by atoms with Gasteiger partial charge in [-0.2, -0.15) is 0 Å². The van der Waals surface area contributed by atoms with Crippen LogP contribution in [0.5, 0.6) is 0 Å². The number of hydrogen-bond acceptors (Lipinski definition) is 3. The first kappa shape index (κ1) is 14.8. The Kier molecular flexibility index (Phi) is 3.95. The van der Waals surface area contributed by atoms with Crippen LogP contribution in [0.25, 0.3) is 0 Å². The van der Waals surface area contributed by atoms with Crippen molar-refractivity contribution in [2.24, 2.45) is 11.8 Å². The average molecular weight is 293 g/mol. The number of nitrogens with one attached hydrogen (secondary N) is 1. The molecule has 1 spiro atoms. The summed E-state index contributed by atoms with van der Waals surface area (Å²) in [6.07, 6.45) is 6.34. The molecular formula is C16H27N3O2. The first-order valence-electron chi connectivity index (χ1n) is 8.39. The summed E-state index contributed by atoms with van der Waals surface area (Å²) in [6.45, 7) is 6.81. The molecule has 5 heteroatoms. The van der Waals surface area contributed by atoms with Gasteiger partial charge >= 0.3 is 6.03 Å². The van der Waals surface area contributed by atoms with Crippen LogP contribution in [0.1, 0.15) is 52.4 Å². The molecule has 3 aliphatic rings. The van der Waals surface area contributed by atoms with Gasteiger partial charge in [0, 0.05) is 13.1 Å². The number of rotatable bonds is 2. The second-order valence-electron chi connectivity index (χ2n) is 7.22. The van der Waals surface area contributed by atoms with E-state index in [0.717, 1.165) is 57.5 Å². The molecule has 21 heavy (non-hydrogen) atoms. The van der Waals surface area contributed by atoms with Crippen molar-refractivity contribution in [3.63, 3.8) is 0 Å². The molecule has 1 N–H and O–H groups in total. The summed E-state index contributed by atoms with van der Waals surface area (Å²) >= 11 is 0. The third-order valence-corrected chi connectivity index (χ3v) is 5.72. The van der Waals surface area contributed by atoms with Crippen molar-refractivity contribution in [3.05, 3.63) is 0 Å². The molecule has 5 nitrogen and oxygen atoms in total. The Morgan fingerprint density at radius 1 is 1.14 bits per heavy atom. The van der Waals surface area contributed by atoms with Crippen LogP contribution in [0.2, 0.25) is 0 Å². The maximum atomic E-state index is 12.9. The highest BCUT2D eigenvalue weighted by molar-refractivity contribution is 6.07. The molecule has 2 saturated heterocycles. The molecule has 118 valence electrons. The molecule has 1 saturated carbocycles. The van der Waals surface area contributed by atoms with E-state index in [1.807, 2.05) is 0 Å². The maximum Gasteiger partial charge on any atom is 0.326 e. The zero-order valence-electron chi connectivity index (χ0n) is 13.2. The highest BCUT2D eigenvalue weighted by Gasteiger charge is 2.55. The second kappa shape index (κ2) is 5.59. The van der Waals surface area contributed by atoms with Crippen LogP contribution in [0.15, 0.2) is 0 Å². The van der Waals surface area contributed by atoms with Gasteiger partial charge in [-0.25, -0.2) is 9.69 Å². The molecule has 0 aromatic rings. The van der Waals surface area contributed by atoms with Crippen molar-refractivity contribution in [2.75, 3.05) is 19.8 Å². The fourth-order valence-electron chi connectivity index (χ4n) is 4.03. The van der Waals surface area contributed by atoms with Gasteiger partial charge in [-0.1, -0.05) is 26.7 Å². The summed E-state index contributed by atoms with van der Waals surface area (Å²) in [5.41, 5.74) is -0.613. The zero-order valence-corrected chi connectivity index (χ0v) is 13.2. The minimum Gasteiger partial charge on any atom is -0.323 e. The minimum absolute atomic E-state index is 0.0123. The summed E-state index contributed by atoms with van der Waals surface area (Å²) < 4.78 is 0. The zero-order chi connectivity index (χ0) is 15.0. The van der Waals surface area contributed by atoms with Crippen molar-refractivity contribution < 1.29 is 9.59 Å². The Bertz CT molecular complexity index is 431. The molecule has 2 heterocycles. The van der Waals surface area contributed by atoms with E-state index in [0.29, 0.717) is 6.67 Å². The quantitative estimate of drug-likeness (QED) is 0.794. The van der Waals surface area contributed by atoms with Crippen molar-refractivity contribution in [3.8, 4) is 0 Å². The molecule has 0 aromatic heterocycles. The number of piperidine rings is 1. The molecule has 0 radical (unpaired) electrons. The lowest BCUT2D eigenvalue weighted by Crippen LogP contribution is -2.54. The number of nitrogens with zero attached hydrogens (tertiary/aromatic N) is 2. The van der Waals surface area contributed by atoms with Crippen LogP contribution in [0.3, 0.4) is 0 Å². The standard InChI is InChI=1S/C16H27N3O2/c1-12-6-9-18(10-7-12)11-19-14(20)16(17-15(19)21)8-4-3-5-13(16)2/h12-13H,3-11H2,1-2H3,(H,17,21). The topological polar surface area (TPSA) is 52.6 Å². The maximum absolute atomic E-state index is 12.9. The highest BCUT2D eigenvalue weighted by Crippen LogP contribution is 2.38. The fraction of sp³-hybridized carbons (Fsp3) is 0.875. The van der Waals surface area contributed by atoms with E-state index in [2.05, 4.69) is 24.1 Å². The third-order valence-electron chi connectivity index (χ3n) is 5.72. The summed E-state index contributed by atoms with van der Waals surface area (Å²) in [5, 5.41) is 3.03. The van der Waals surface area contributed by atoms with E-state index in [1.54, 1.807) is 0 Å². The van der Waals surface area contributed by atoms with Gasteiger partial charge in [0.05, 0.1) is 6.67 Å². The molecule has 2 atom stereocenters. The smallest absolute Gasteiger partial charge is 0.323 e. The SMILES string of the molecule is CC1CCN(CN2C(=O)NC3(CCCCC3C)C2=O)CC1. The lowest BCUT2D eigenvalue weighted by atomic mass is 9.73. The van der Waals surface area contributed by atoms with Crippen molar-refractivity contribution in [2.45, 2.75) is 57.9 Å². The monoisotopic (exact) mass is 293 g/mol. The Morgan fingerprint density at radius 2 is 1.86 bits per heavy atom. The van der Waals surface area contributed by atoms with Gasteiger partial charge < -0.3 is 5.32 Å². The van der Waals surface area contributed by atoms with Crippen LogP contribution in [-0.4, -0.2) is 47.0 Å². The van der Waals surface area contributed by atoms with E-state index < -0.39 is 5.54 Å². The lowest BCUT2D eigenvalue weighted by molar-refractivity contribution is -0.135. The van der Waals surface area contributed by atoms with Crippen LogP contribution in [-0.2, 0) is 4.79 Å². The fourth-order valence-corrected chi connectivity index (χ4v) is 4.03. The van der Waals surface area contributed by atoms with E-state index in [9.17, 15) is 9.59 Å². The molecule has 3 fully saturated rings. The van der Waals surface area contributed by atoms with Crippen LogP contribution in [0, 0.1) is 11.8 Å². The number of urea groups is 1. The van der Waals surface area contributed by atoms with Gasteiger partial charge in [-0.3, -0.25) is 9.69 Å². The number of imide groups is 1. The Hall–Kier alpha value is -1.10. The second-order valence-corrected chi connectivity index (χ2v) is 7.22.